The normalized spacial score (nSPS) is 17.9. The number of nitrogens with zero attached hydrogens (tertiary/aromatic N) is 1. The molecule has 1 saturated heterocycles. The quantitative estimate of drug-likeness (QED) is 0.881. The van der Waals surface area contributed by atoms with E-state index >= 15 is 0 Å². The first-order valence-electron chi connectivity index (χ1n) is 6.00. The molecule has 1 aliphatic rings. The Bertz CT molecular complexity index is 609. The Balaban J connectivity index is 2.22. The van der Waals surface area contributed by atoms with Crippen molar-refractivity contribution in [2.24, 2.45) is 0 Å². The second kappa shape index (κ2) is 5.35. The number of benzene rings is 1. The van der Waals surface area contributed by atoms with Crippen LogP contribution >= 0.6 is 0 Å². The van der Waals surface area contributed by atoms with Crippen LogP contribution in [-0.4, -0.2) is 50.9 Å². The van der Waals surface area contributed by atoms with Gasteiger partial charge in [-0.05, 0) is 12.1 Å². The van der Waals surface area contributed by atoms with Crippen molar-refractivity contribution in [3.8, 4) is 0 Å². The van der Waals surface area contributed by atoms with E-state index in [4.69, 9.17) is 0 Å². The number of carbonyl (C=O) groups excluding carboxylic acids is 1. The smallest absolute Gasteiger partial charge is 0.254 e. The van der Waals surface area contributed by atoms with E-state index in [1.165, 1.54) is 11.9 Å². The molecule has 0 unspecified atom stereocenters. The van der Waals surface area contributed by atoms with Crippen molar-refractivity contribution < 1.29 is 22.0 Å². The maximum atomic E-state index is 13.6. The van der Waals surface area contributed by atoms with Gasteiger partial charge < -0.3 is 10.2 Å². The van der Waals surface area contributed by atoms with Crippen LogP contribution in [0.15, 0.2) is 12.1 Å². The number of carbonyl (C=O) groups is 1. The number of halogens is 2. The molecule has 5 nitrogen and oxygen atoms in total. The van der Waals surface area contributed by atoms with Crippen LogP contribution in [0.25, 0.3) is 0 Å². The van der Waals surface area contributed by atoms with Crippen molar-refractivity contribution in [2.75, 3.05) is 37.0 Å². The molecular weight excluding hydrogens is 290 g/mol. The Kier molecular flexibility index (Phi) is 3.94. The lowest BCUT2D eigenvalue weighted by Crippen LogP contribution is -2.43. The Morgan fingerprint density at radius 3 is 2.15 bits per heavy atom. The molecule has 1 aromatic carbocycles. The summed E-state index contributed by atoms with van der Waals surface area (Å²) < 4.78 is 49.7. The zero-order valence-corrected chi connectivity index (χ0v) is 11.6. The molecule has 0 spiro atoms. The maximum absolute atomic E-state index is 13.6. The summed E-state index contributed by atoms with van der Waals surface area (Å²) in [4.78, 5) is 13.4. The maximum Gasteiger partial charge on any atom is 0.254 e. The first-order valence-corrected chi connectivity index (χ1v) is 7.82. The van der Waals surface area contributed by atoms with Crippen molar-refractivity contribution >= 4 is 21.4 Å². The first-order chi connectivity index (χ1) is 9.34. The lowest BCUT2D eigenvalue weighted by molar-refractivity contribution is 0.0769. The van der Waals surface area contributed by atoms with E-state index in [1.54, 1.807) is 0 Å². The minimum atomic E-state index is -3.11. The minimum Gasteiger partial charge on any atom is -0.383 e. The Morgan fingerprint density at radius 1 is 1.20 bits per heavy atom. The van der Waals surface area contributed by atoms with Crippen LogP contribution in [-0.2, 0) is 9.84 Å². The summed E-state index contributed by atoms with van der Waals surface area (Å²) >= 11 is 0. The highest BCUT2D eigenvalue weighted by Crippen LogP contribution is 2.21. The van der Waals surface area contributed by atoms with Gasteiger partial charge in [0.05, 0.1) is 11.5 Å². The number of nitrogens with one attached hydrogen (secondary N) is 1. The molecule has 0 bridgehead atoms. The molecule has 2 rings (SSSR count). The predicted octanol–water partition coefficient (Wildman–Crippen LogP) is 0.877. The van der Waals surface area contributed by atoms with Crippen LogP contribution in [0.1, 0.15) is 10.4 Å². The molecule has 1 N–H and O–H groups in total. The fourth-order valence-electron chi connectivity index (χ4n) is 2.03. The highest BCUT2D eigenvalue weighted by atomic mass is 32.2. The van der Waals surface area contributed by atoms with Gasteiger partial charge in [-0.15, -0.1) is 0 Å². The Hall–Kier alpha value is -1.70. The van der Waals surface area contributed by atoms with Gasteiger partial charge in [-0.2, -0.15) is 0 Å². The summed E-state index contributed by atoms with van der Waals surface area (Å²) in [5, 5.41) is 2.37. The Labute approximate surface area is 115 Å². The molecule has 0 atom stereocenters. The molecule has 1 aliphatic heterocycles. The Morgan fingerprint density at radius 2 is 1.70 bits per heavy atom. The SMILES string of the molecule is CNc1c(F)cc(C(=O)N2CCS(=O)(=O)CC2)cc1F. The van der Waals surface area contributed by atoms with Crippen LogP contribution in [0.2, 0.25) is 0 Å². The fourth-order valence-corrected chi connectivity index (χ4v) is 3.23. The summed E-state index contributed by atoms with van der Waals surface area (Å²) in [5.74, 6) is -2.54. The zero-order chi connectivity index (χ0) is 14.9. The van der Waals surface area contributed by atoms with Crippen LogP contribution in [0.5, 0.6) is 0 Å². The van der Waals surface area contributed by atoms with Gasteiger partial charge >= 0.3 is 0 Å². The largest absolute Gasteiger partial charge is 0.383 e. The molecule has 8 heteroatoms. The summed E-state index contributed by atoms with van der Waals surface area (Å²) in [6, 6.07) is 1.89. The van der Waals surface area contributed by atoms with Crippen LogP contribution < -0.4 is 5.32 Å². The topological polar surface area (TPSA) is 66.5 Å². The molecule has 1 fully saturated rings. The third kappa shape index (κ3) is 2.90. The van der Waals surface area contributed by atoms with Crippen molar-refractivity contribution in [2.45, 2.75) is 0 Å². The van der Waals surface area contributed by atoms with Crippen LogP contribution in [0.3, 0.4) is 0 Å². The number of sulfone groups is 1. The summed E-state index contributed by atoms with van der Waals surface area (Å²) in [6.07, 6.45) is 0. The highest BCUT2D eigenvalue weighted by molar-refractivity contribution is 7.91. The van der Waals surface area contributed by atoms with E-state index in [9.17, 15) is 22.0 Å². The van der Waals surface area contributed by atoms with Gasteiger partial charge in [0.1, 0.15) is 17.3 Å². The van der Waals surface area contributed by atoms with Gasteiger partial charge in [-0.25, -0.2) is 17.2 Å². The predicted molar refractivity (Wildman–Crippen MR) is 70.5 cm³/mol. The number of rotatable bonds is 2. The second-order valence-electron chi connectivity index (χ2n) is 4.51. The molecule has 20 heavy (non-hydrogen) atoms. The molecular formula is C12H14F2N2O3S. The van der Waals surface area contributed by atoms with E-state index in [2.05, 4.69) is 5.32 Å². The minimum absolute atomic E-state index is 0.0399. The van der Waals surface area contributed by atoms with Gasteiger partial charge in [-0.1, -0.05) is 0 Å². The standard InChI is InChI=1S/C12H14F2N2O3S/c1-15-11-9(13)6-8(7-10(11)14)12(17)16-2-4-20(18,19)5-3-16/h6-7,15H,2-5H2,1H3. The van der Waals surface area contributed by atoms with Gasteiger partial charge in [-0.3, -0.25) is 4.79 Å². The average Bonchev–Trinajstić information content (AvgIpc) is 2.37. The number of amides is 1. The summed E-state index contributed by atoms with van der Waals surface area (Å²) in [5.41, 5.74) is -0.430. The van der Waals surface area contributed by atoms with Crippen molar-refractivity contribution in [3.05, 3.63) is 29.3 Å². The van der Waals surface area contributed by atoms with E-state index in [0.717, 1.165) is 12.1 Å². The third-order valence-electron chi connectivity index (χ3n) is 3.17. The molecule has 0 radical (unpaired) electrons. The molecule has 0 aromatic heterocycles. The lowest BCUT2D eigenvalue weighted by Gasteiger charge is -2.26. The molecule has 110 valence electrons. The lowest BCUT2D eigenvalue weighted by atomic mass is 10.1. The van der Waals surface area contributed by atoms with Gasteiger partial charge in [0.15, 0.2) is 9.84 Å². The monoisotopic (exact) mass is 304 g/mol. The number of hydrogen-bond acceptors (Lipinski definition) is 4. The molecule has 0 saturated carbocycles. The van der Waals surface area contributed by atoms with Crippen molar-refractivity contribution in [3.63, 3.8) is 0 Å². The molecule has 1 heterocycles. The number of anilines is 1. The van der Waals surface area contributed by atoms with Crippen molar-refractivity contribution in [1.82, 2.24) is 4.90 Å². The molecule has 0 aliphatic carbocycles. The van der Waals surface area contributed by atoms with E-state index in [-0.39, 0.29) is 35.8 Å². The van der Waals surface area contributed by atoms with Gasteiger partial charge in [0.25, 0.3) is 5.91 Å². The van der Waals surface area contributed by atoms with Crippen molar-refractivity contribution in [1.29, 1.82) is 0 Å². The summed E-state index contributed by atoms with van der Waals surface area (Å²) in [7, 11) is -1.74. The van der Waals surface area contributed by atoms with E-state index < -0.39 is 27.4 Å². The van der Waals surface area contributed by atoms with E-state index in [0.29, 0.717) is 0 Å². The zero-order valence-electron chi connectivity index (χ0n) is 10.8. The van der Waals surface area contributed by atoms with Crippen LogP contribution in [0, 0.1) is 11.6 Å². The van der Waals surface area contributed by atoms with Gasteiger partial charge in [0.2, 0.25) is 0 Å². The number of hydrogen-bond donors (Lipinski definition) is 1. The van der Waals surface area contributed by atoms with E-state index in [1.807, 2.05) is 0 Å². The fraction of sp³-hybridized carbons (Fsp3) is 0.417. The van der Waals surface area contributed by atoms with Crippen LogP contribution in [0.4, 0.5) is 14.5 Å². The molecule has 1 aromatic rings. The second-order valence-corrected chi connectivity index (χ2v) is 6.81. The molecule has 1 amide bonds. The highest BCUT2D eigenvalue weighted by Gasteiger charge is 2.26. The first kappa shape index (κ1) is 14.7. The van der Waals surface area contributed by atoms with Gasteiger partial charge in [0, 0.05) is 25.7 Å². The summed E-state index contributed by atoms with van der Waals surface area (Å²) in [6.45, 7) is 0.0797. The average molecular weight is 304 g/mol. The third-order valence-corrected chi connectivity index (χ3v) is 4.78.